The molecule has 0 aliphatic carbocycles. The minimum Gasteiger partial charge on any atom is -0.450 e. The predicted octanol–water partition coefficient (Wildman–Crippen LogP) is 5.84. The van der Waals surface area contributed by atoms with Crippen LogP contribution in [0.3, 0.4) is 0 Å². The van der Waals surface area contributed by atoms with Gasteiger partial charge in [-0.3, -0.25) is 0 Å². The third-order valence-corrected chi connectivity index (χ3v) is 4.04. The van der Waals surface area contributed by atoms with Gasteiger partial charge in [-0.1, -0.05) is 5.22 Å². The Morgan fingerprint density at radius 2 is 1.51 bits per heavy atom. The zero-order chi connectivity index (χ0) is 26.4. The van der Waals surface area contributed by atoms with Gasteiger partial charge in [0.05, 0.1) is 34.5 Å². The lowest BCUT2D eigenvalue weighted by Gasteiger charge is -2.19. The molecule has 0 aliphatic rings. The number of ether oxygens (including phenoxy) is 1. The Balaban J connectivity index is 2.67. The molecule has 0 saturated heterocycles. The van der Waals surface area contributed by atoms with E-state index in [1.807, 2.05) is 0 Å². The highest BCUT2D eigenvalue weighted by atomic mass is 19.4. The average Bonchev–Trinajstić information content (AvgIpc) is 2.77. The number of alkyl carbamates (subject to hydrolysis) is 1. The summed E-state index contributed by atoms with van der Waals surface area (Å²) in [5, 5.41) is 26.8. The molecule has 0 fully saturated rings. The standard InChI is InChI=1S/C20H12F6N6O3/c1-2-35-18(34)29-17(33)32(16-8-14(20(24,25)26)6-4-12(16)10-28)31-30-15-7-13(19(21,22)23)5-3-11(15)9-27/h3-8H,2H2,1H3,(H,29,33,34). The van der Waals surface area contributed by atoms with Gasteiger partial charge in [-0.15, -0.1) is 5.11 Å². The first kappa shape index (κ1) is 26.6. The van der Waals surface area contributed by atoms with Crippen molar-refractivity contribution < 1.29 is 40.7 Å². The fraction of sp³-hybridized carbons (Fsp3) is 0.200. The molecule has 15 heteroatoms. The Morgan fingerprint density at radius 3 is 2.03 bits per heavy atom. The molecule has 0 radical (unpaired) electrons. The van der Waals surface area contributed by atoms with Gasteiger partial charge in [0.15, 0.2) is 0 Å². The molecule has 0 unspecified atom stereocenters. The molecule has 0 bridgehead atoms. The minimum atomic E-state index is -4.92. The second kappa shape index (κ2) is 10.5. The van der Waals surface area contributed by atoms with E-state index in [1.165, 1.54) is 13.0 Å². The molecular weight excluding hydrogens is 486 g/mol. The van der Waals surface area contributed by atoms with Crippen LogP contribution in [-0.4, -0.2) is 18.7 Å². The molecule has 9 nitrogen and oxygen atoms in total. The molecule has 0 aliphatic heterocycles. The molecule has 0 saturated carbocycles. The zero-order valence-corrected chi connectivity index (χ0v) is 17.4. The maximum absolute atomic E-state index is 13.2. The van der Waals surface area contributed by atoms with Gasteiger partial charge in [-0.2, -0.15) is 41.9 Å². The van der Waals surface area contributed by atoms with E-state index in [2.05, 4.69) is 15.1 Å². The van der Waals surface area contributed by atoms with Crippen LogP contribution in [-0.2, 0) is 17.1 Å². The van der Waals surface area contributed by atoms with Crippen molar-refractivity contribution in [2.24, 2.45) is 10.3 Å². The van der Waals surface area contributed by atoms with E-state index in [1.54, 1.807) is 11.4 Å². The number of anilines is 1. The van der Waals surface area contributed by atoms with Crippen molar-refractivity contribution in [3.05, 3.63) is 58.7 Å². The molecule has 2 aromatic rings. The van der Waals surface area contributed by atoms with Crippen LogP contribution >= 0.6 is 0 Å². The van der Waals surface area contributed by atoms with Crippen molar-refractivity contribution in [2.75, 3.05) is 11.6 Å². The first-order valence-electron chi connectivity index (χ1n) is 9.24. The Labute approximate surface area is 192 Å². The third-order valence-electron chi connectivity index (χ3n) is 4.04. The smallest absolute Gasteiger partial charge is 0.416 e. The number of rotatable bonds is 4. The summed E-state index contributed by atoms with van der Waals surface area (Å²) in [6.45, 7) is 1.20. The summed E-state index contributed by atoms with van der Waals surface area (Å²) in [6.07, 6.45) is -11.1. The molecule has 1 N–H and O–H groups in total. The third kappa shape index (κ3) is 6.67. The molecule has 0 atom stereocenters. The number of carbonyl (C=O) groups is 2. The average molecular weight is 498 g/mol. The fourth-order valence-corrected chi connectivity index (χ4v) is 2.46. The van der Waals surface area contributed by atoms with Gasteiger partial charge in [0.25, 0.3) is 0 Å². The van der Waals surface area contributed by atoms with Gasteiger partial charge in [0, 0.05) is 0 Å². The Hall–Kier alpha value is -4.66. The van der Waals surface area contributed by atoms with Crippen LogP contribution in [0.4, 0.5) is 47.3 Å². The Kier molecular flexibility index (Phi) is 7.99. The maximum atomic E-state index is 13.2. The van der Waals surface area contributed by atoms with Crippen LogP contribution in [0.5, 0.6) is 0 Å². The van der Waals surface area contributed by atoms with E-state index < -0.39 is 58.1 Å². The molecule has 3 amide bonds. The summed E-state index contributed by atoms with van der Waals surface area (Å²) in [6, 6.07) is 4.91. The Morgan fingerprint density at radius 1 is 0.971 bits per heavy atom. The lowest BCUT2D eigenvalue weighted by molar-refractivity contribution is -0.138. The predicted molar refractivity (Wildman–Crippen MR) is 105 cm³/mol. The second-order valence-electron chi connectivity index (χ2n) is 6.33. The first-order valence-corrected chi connectivity index (χ1v) is 9.24. The number of alkyl halides is 6. The molecule has 0 heterocycles. The number of urea groups is 1. The van der Waals surface area contributed by atoms with Crippen LogP contribution in [0.1, 0.15) is 29.2 Å². The number of nitrogens with zero attached hydrogens (tertiary/aromatic N) is 5. The summed E-state index contributed by atoms with van der Waals surface area (Å²) in [5.41, 5.74) is -4.99. The van der Waals surface area contributed by atoms with Gasteiger partial charge in [0.2, 0.25) is 0 Å². The van der Waals surface area contributed by atoms with E-state index in [-0.39, 0.29) is 11.6 Å². The van der Waals surface area contributed by atoms with Crippen molar-refractivity contribution in [1.29, 1.82) is 10.5 Å². The fourth-order valence-electron chi connectivity index (χ4n) is 2.46. The first-order chi connectivity index (χ1) is 16.3. The van der Waals surface area contributed by atoms with Gasteiger partial charge in [-0.05, 0) is 43.3 Å². The number of nitriles is 2. The Bertz CT molecular complexity index is 1240. The molecule has 35 heavy (non-hydrogen) atoms. The van der Waals surface area contributed by atoms with Gasteiger partial charge < -0.3 is 4.74 Å². The number of imide groups is 1. The van der Waals surface area contributed by atoms with Crippen molar-refractivity contribution >= 4 is 23.5 Å². The van der Waals surface area contributed by atoms with Crippen LogP contribution in [0.15, 0.2) is 46.7 Å². The van der Waals surface area contributed by atoms with Crippen molar-refractivity contribution in [3.8, 4) is 12.1 Å². The normalized spacial score (nSPS) is 11.5. The SMILES string of the molecule is CCOC(=O)NC(=O)N(N=Nc1cc(C(F)(F)F)ccc1C#N)c1cc(C(F)(F)F)ccc1C#N. The minimum absolute atomic E-state index is 0.0477. The maximum Gasteiger partial charge on any atom is 0.416 e. The van der Waals surface area contributed by atoms with Crippen LogP contribution in [0.2, 0.25) is 0 Å². The number of benzene rings is 2. The van der Waals surface area contributed by atoms with Gasteiger partial charge in [-0.25, -0.2) is 14.9 Å². The lowest BCUT2D eigenvalue weighted by Crippen LogP contribution is -2.40. The molecule has 182 valence electrons. The number of carbonyl (C=O) groups excluding carboxylic acids is 2. The summed E-state index contributed by atoms with van der Waals surface area (Å²) in [7, 11) is 0. The highest BCUT2D eigenvalue weighted by Gasteiger charge is 2.33. The summed E-state index contributed by atoms with van der Waals surface area (Å²) >= 11 is 0. The molecule has 0 spiro atoms. The number of hydrogen-bond donors (Lipinski definition) is 1. The van der Waals surface area contributed by atoms with Crippen LogP contribution < -0.4 is 10.3 Å². The topological polar surface area (TPSA) is 131 Å². The highest BCUT2D eigenvalue weighted by Crippen LogP contribution is 2.35. The summed E-state index contributed by atoms with van der Waals surface area (Å²) in [5.74, 6) is 0. The number of nitrogens with one attached hydrogen (secondary N) is 1. The van der Waals surface area contributed by atoms with Gasteiger partial charge in [0.1, 0.15) is 17.8 Å². The van der Waals surface area contributed by atoms with E-state index in [4.69, 9.17) is 5.26 Å². The van der Waals surface area contributed by atoms with Crippen LogP contribution in [0.25, 0.3) is 0 Å². The molecular formula is C20H12F6N6O3. The van der Waals surface area contributed by atoms with Crippen molar-refractivity contribution in [3.63, 3.8) is 0 Å². The zero-order valence-electron chi connectivity index (χ0n) is 17.4. The van der Waals surface area contributed by atoms with Crippen LogP contribution in [0, 0.1) is 22.7 Å². The number of amides is 3. The molecule has 2 aromatic carbocycles. The summed E-state index contributed by atoms with van der Waals surface area (Å²) < 4.78 is 83.3. The van der Waals surface area contributed by atoms with E-state index in [9.17, 15) is 41.2 Å². The summed E-state index contributed by atoms with van der Waals surface area (Å²) in [4.78, 5) is 24.2. The van der Waals surface area contributed by atoms with Crippen molar-refractivity contribution in [1.82, 2.24) is 5.32 Å². The number of halogens is 6. The van der Waals surface area contributed by atoms with E-state index >= 15 is 0 Å². The lowest BCUT2D eigenvalue weighted by atomic mass is 10.1. The van der Waals surface area contributed by atoms with E-state index in [0.29, 0.717) is 30.3 Å². The highest BCUT2D eigenvalue weighted by molar-refractivity contribution is 6.01. The second-order valence-corrected chi connectivity index (χ2v) is 6.33. The number of hydrogen-bond acceptors (Lipinski definition) is 7. The monoisotopic (exact) mass is 498 g/mol. The molecule has 2 rings (SSSR count). The quantitative estimate of drug-likeness (QED) is 0.322. The van der Waals surface area contributed by atoms with Gasteiger partial charge >= 0.3 is 24.5 Å². The largest absolute Gasteiger partial charge is 0.450 e. The van der Waals surface area contributed by atoms with E-state index in [0.717, 1.165) is 6.07 Å². The van der Waals surface area contributed by atoms with Crippen molar-refractivity contribution in [2.45, 2.75) is 19.3 Å². The molecule has 0 aromatic heterocycles.